The van der Waals surface area contributed by atoms with Crippen LogP contribution in [0.2, 0.25) is 0 Å². The van der Waals surface area contributed by atoms with Crippen molar-refractivity contribution in [1.82, 2.24) is 24.5 Å². The topological polar surface area (TPSA) is 119 Å². The molecule has 0 radical (unpaired) electrons. The second-order valence-electron chi connectivity index (χ2n) is 8.68. The normalized spacial score (nSPS) is 13.8. The number of hydrogen-bond donors (Lipinski definition) is 3. The van der Waals surface area contributed by atoms with E-state index in [-0.39, 0.29) is 17.9 Å². The zero-order valence-electron chi connectivity index (χ0n) is 19.5. The molecule has 0 saturated heterocycles. The number of fused-ring (bicyclic) bond motifs is 2. The molecular formula is C24H27N7O3. The second kappa shape index (κ2) is 8.69. The molecule has 1 aliphatic rings. The number of rotatable bonds is 6. The molecule has 0 aliphatic carbocycles. The van der Waals surface area contributed by atoms with Crippen LogP contribution < -0.4 is 20.1 Å². The largest absolute Gasteiger partial charge is 0.486 e. The number of carbonyl (C=O) groups excluding carboxylic acids is 1. The molecule has 34 heavy (non-hydrogen) atoms. The van der Waals surface area contributed by atoms with Crippen molar-refractivity contribution < 1.29 is 14.3 Å². The molecule has 5 rings (SSSR count). The van der Waals surface area contributed by atoms with E-state index >= 15 is 0 Å². The molecule has 1 amide bonds. The quantitative estimate of drug-likeness (QED) is 0.399. The number of aryl methyl sites for hydroxylation is 2. The summed E-state index contributed by atoms with van der Waals surface area (Å²) >= 11 is 0. The van der Waals surface area contributed by atoms with Gasteiger partial charge < -0.3 is 29.7 Å². The van der Waals surface area contributed by atoms with Crippen molar-refractivity contribution in [3.8, 4) is 11.5 Å². The Balaban J connectivity index is 1.44. The maximum absolute atomic E-state index is 12.9. The number of ether oxygens (including phenoxy) is 2. The molecule has 0 fully saturated rings. The zero-order chi connectivity index (χ0) is 23.8. The summed E-state index contributed by atoms with van der Waals surface area (Å²) in [6, 6.07) is 7.71. The zero-order valence-corrected chi connectivity index (χ0v) is 19.5. The summed E-state index contributed by atoms with van der Waals surface area (Å²) in [4.78, 5) is 29.0. The highest BCUT2D eigenvalue weighted by Crippen LogP contribution is 2.36. The third-order valence-corrected chi connectivity index (χ3v) is 5.91. The standard InChI is InChI=1S/C24H27N7O3/c1-13(2)20(15-5-6-18-19(9-15)34-8-7-33-18)29-22-16-10-17(28-21(16)25-11-26-22)24(32)30-23-14(3)27-12-31(23)4/h5-6,9-13,20H,7-8H2,1-4H3,(H,30,32)(H2,25,26,28,29)/t20-/m1/s1. The van der Waals surface area contributed by atoms with Crippen molar-refractivity contribution in [3.63, 3.8) is 0 Å². The van der Waals surface area contributed by atoms with Crippen LogP contribution in [-0.2, 0) is 7.05 Å². The lowest BCUT2D eigenvalue weighted by molar-refractivity contribution is 0.102. The van der Waals surface area contributed by atoms with Gasteiger partial charge in [0.1, 0.15) is 42.5 Å². The first-order valence-electron chi connectivity index (χ1n) is 11.2. The fourth-order valence-corrected chi connectivity index (χ4v) is 4.11. The summed E-state index contributed by atoms with van der Waals surface area (Å²) in [6.07, 6.45) is 3.14. The average molecular weight is 462 g/mol. The maximum atomic E-state index is 12.9. The van der Waals surface area contributed by atoms with Gasteiger partial charge in [-0.15, -0.1) is 0 Å². The summed E-state index contributed by atoms with van der Waals surface area (Å²) in [7, 11) is 1.83. The SMILES string of the molecule is Cc1ncn(C)c1NC(=O)c1cc2c(N[C@@H](c3ccc4c(c3)OCCO4)C(C)C)ncnc2[nH]1. The number of nitrogens with one attached hydrogen (secondary N) is 3. The number of amides is 1. The molecule has 1 atom stereocenters. The van der Waals surface area contributed by atoms with E-state index in [1.54, 1.807) is 17.0 Å². The van der Waals surface area contributed by atoms with Crippen LogP contribution in [0.4, 0.5) is 11.6 Å². The Morgan fingerprint density at radius 1 is 1.12 bits per heavy atom. The first-order valence-corrected chi connectivity index (χ1v) is 11.2. The Hall–Kier alpha value is -4.08. The van der Waals surface area contributed by atoms with Gasteiger partial charge in [-0.25, -0.2) is 15.0 Å². The van der Waals surface area contributed by atoms with Gasteiger partial charge in [-0.3, -0.25) is 4.79 Å². The van der Waals surface area contributed by atoms with E-state index < -0.39 is 0 Å². The smallest absolute Gasteiger partial charge is 0.273 e. The number of benzene rings is 1. The Morgan fingerprint density at radius 2 is 1.91 bits per heavy atom. The van der Waals surface area contributed by atoms with Crippen molar-refractivity contribution in [2.24, 2.45) is 13.0 Å². The summed E-state index contributed by atoms with van der Waals surface area (Å²) in [5.74, 6) is 2.77. The van der Waals surface area contributed by atoms with Crippen molar-refractivity contribution >= 4 is 28.6 Å². The molecule has 10 nitrogen and oxygen atoms in total. The maximum Gasteiger partial charge on any atom is 0.273 e. The summed E-state index contributed by atoms with van der Waals surface area (Å²) in [5, 5.41) is 7.19. The molecule has 1 aliphatic heterocycles. The first-order chi connectivity index (χ1) is 16.4. The van der Waals surface area contributed by atoms with Crippen LogP contribution in [0, 0.1) is 12.8 Å². The molecule has 1 aromatic carbocycles. The highest BCUT2D eigenvalue weighted by atomic mass is 16.6. The average Bonchev–Trinajstić information content (AvgIpc) is 3.41. The third-order valence-electron chi connectivity index (χ3n) is 5.91. The molecule has 0 saturated carbocycles. The fraction of sp³-hybridized carbons (Fsp3) is 0.333. The Labute approximate surface area is 196 Å². The van der Waals surface area contributed by atoms with Crippen LogP contribution >= 0.6 is 0 Å². The van der Waals surface area contributed by atoms with Gasteiger partial charge in [-0.2, -0.15) is 0 Å². The molecule has 0 unspecified atom stereocenters. The van der Waals surface area contributed by atoms with Gasteiger partial charge in [-0.1, -0.05) is 19.9 Å². The van der Waals surface area contributed by atoms with E-state index in [2.05, 4.69) is 44.4 Å². The second-order valence-corrected chi connectivity index (χ2v) is 8.68. The lowest BCUT2D eigenvalue weighted by Gasteiger charge is -2.26. The minimum Gasteiger partial charge on any atom is -0.486 e. The Morgan fingerprint density at radius 3 is 2.65 bits per heavy atom. The van der Waals surface area contributed by atoms with Gasteiger partial charge >= 0.3 is 0 Å². The predicted molar refractivity (Wildman–Crippen MR) is 128 cm³/mol. The van der Waals surface area contributed by atoms with Gasteiger partial charge in [0, 0.05) is 7.05 Å². The van der Waals surface area contributed by atoms with Crippen LogP contribution in [0.3, 0.4) is 0 Å². The predicted octanol–water partition coefficient (Wildman–Crippen LogP) is 3.83. The van der Waals surface area contributed by atoms with Crippen LogP contribution in [0.1, 0.15) is 41.6 Å². The van der Waals surface area contributed by atoms with Crippen molar-refractivity contribution in [3.05, 3.63) is 53.9 Å². The molecule has 3 N–H and O–H groups in total. The van der Waals surface area contributed by atoms with Crippen molar-refractivity contribution in [1.29, 1.82) is 0 Å². The fourth-order valence-electron chi connectivity index (χ4n) is 4.11. The summed E-state index contributed by atoms with van der Waals surface area (Å²) in [5.41, 5.74) is 2.77. The molecular weight excluding hydrogens is 434 g/mol. The monoisotopic (exact) mass is 461 g/mol. The summed E-state index contributed by atoms with van der Waals surface area (Å²) in [6.45, 7) is 7.21. The number of carbonyl (C=O) groups is 1. The van der Waals surface area contributed by atoms with E-state index in [0.717, 1.165) is 28.1 Å². The number of nitrogens with zero attached hydrogens (tertiary/aromatic N) is 4. The molecule has 10 heteroatoms. The van der Waals surface area contributed by atoms with Gasteiger partial charge in [0.05, 0.1) is 23.4 Å². The highest BCUT2D eigenvalue weighted by Gasteiger charge is 2.22. The number of hydrogen-bond acceptors (Lipinski definition) is 7. The molecule has 3 aromatic heterocycles. The Bertz CT molecular complexity index is 1340. The lowest BCUT2D eigenvalue weighted by Crippen LogP contribution is -2.19. The minimum atomic E-state index is -0.275. The number of aromatic nitrogens is 5. The van der Waals surface area contributed by atoms with Gasteiger partial charge in [0.15, 0.2) is 11.5 Å². The minimum absolute atomic E-state index is 0.0433. The molecule has 4 aromatic rings. The van der Waals surface area contributed by atoms with Crippen molar-refractivity contribution in [2.75, 3.05) is 23.8 Å². The molecule has 0 spiro atoms. The summed E-state index contributed by atoms with van der Waals surface area (Å²) < 4.78 is 13.2. The van der Waals surface area contributed by atoms with E-state index in [4.69, 9.17) is 9.47 Å². The van der Waals surface area contributed by atoms with Crippen LogP contribution in [-0.4, -0.2) is 43.6 Å². The van der Waals surface area contributed by atoms with Gasteiger partial charge in [-0.05, 0) is 36.6 Å². The Kier molecular flexibility index (Phi) is 5.56. The molecule has 4 heterocycles. The number of imidazole rings is 1. The van der Waals surface area contributed by atoms with Crippen LogP contribution in [0.5, 0.6) is 11.5 Å². The lowest BCUT2D eigenvalue weighted by atomic mass is 9.95. The number of aromatic amines is 1. The first kappa shape index (κ1) is 21.7. The van der Waals surface area contributed by atoms with E-state index in [0.29, 0.717) is 36.2 Å². The number of anilines is 2. The van der Waals surface area contributed by atoms with Crippen molar-refractivity contribution in [2.45, 2.75) is 26.8 Å². The third kappa shape index (κ3) is 4.02. The van der Waals surface area contributed by atoms with Crippen LogP contribution in [0.15, 0.2) is 36.9 Å². The molecule has 0 bridgehead atoms. The van der Waals surface area contributed by atoms with E-state index in [1.165, 1.54) is 6.33 Å². The van der Waals surface area contributed by atoms with E-state index in [9.17, 15) is 4.79 Å². The van der Waals surface area contributed by atoms with E-state index in [1.807, 2.05) is 32.2 Å². The molecule has 176 valence electrons. The highest BCUT2D eigenvalue weighted by molar-refractivity contribution is 6.06. The van der Waals surface area contributed by atoms with Gasteiger partial charge in [0.2, 0.25) is 0 Å². The van der Waals surface area contributed by atoms with Gasteiger partial charge in [0.25, 0.3) is 5.91 Å². The van der Waals surface area contributed by atoms with Crippen LogP contribution in [0.25, 0.3) is 11.0 Å². The number of H-pyrrole nitrogens is 1.